The summed E-state index contributed by atoms with van der Waals surface area (Å²) in [5, 5.41) is -0.253. The van der Waals surface area contributed by atoms with Gasteiger partial charge in [0, 0.05) is 6.26 Å². The van der Waals surface area contributed by atoms with Gasteiger partial charge >= 0.3 is 0 Å². The molecule has 0 aliphatic carbocycles. The average Bonchev–Trinajstić information content (AvgIpc) is 2.30. The Morgan fingerprint density at radius 2 is 2.08 bits per heavy atom. The molecule has 1 amide bonds. The lowest BCUT2D eigenvalue weighted by molar-refractivity contribution is 0.0969. The van der Waals surface area contributed by atoms with Crippen LogP contribution >= 0.6 is 0 Å². The van der Waals surface area contributed by atoms with Crippen molar-refractivity contribution in [3.05, 3.63) is 17.9 Å². The molecule has 0 unspecified atom stereocenters. The van der Waals surface area contributed by atoms with E-state index in [1.165, 1.54) is 12.1 Å². The van der Waals surface area contributed by atoms with Gasteiger partial charge in [-0.3, -0.25) is 4.79 Å². The number of rotatable bonds is 2. The van der Waals surface area contributed by atoms with Gasteiger partial charge in [-0.05, 0) is 12.1 Å². The minimum atomic E-state index is -3.39. The summed E-state index contributed by atoms with van der Waals surface area (Å²) in [6.07, 6.45) is 0.983. The first kappa shape index (κ1) is 8.79. The molecule has 0 aliphatic heterocycles. The molecule has 1 rings (SSSR count). The van der Waals surface area contributed by atoms with Gasteiger partial charge in [-0.15, -0.1) is 0 Å². The van der Waals surface area contributed by atoms with E-state index in [1.54, 1.807) is 0 Å². The SMILES string of the molecule is CS(=O)(=O)c1ccc(C(N)=O)o1. The Labute approximate surface area is 69.1 Å². The van der Waals surface area contributed by atoms with Gasteiger partial charge in [0.25, 0.3) is 5.91 Å². The Morgan fingerprint density at radius 3 is 2.33 bits per heavy atom. The maximum Gasteiger partial charge on any atom is 0.284 e. The molecule has 0 bridgehead atoms. The van der Waals surface area contributed by atoms with Gasteiger partial charge in [0.05, 0.1) is 0 Å². The van der Waals surface area contributed by atoms with E-state index in [9.17, 15) is 13.2 Å². The van der Waals surface area contributed by atoms with Gasteiger partial charge in [-0.2, -0.15) is 0 Å². The van der Waals surface area contributed by atoms with Gasteiger partial charge in [0.1, 0.15) is 0 Å². The fraction of sp³-hybridized carbons (Fsp3) is 0.167. The number of carbonyl (C=O) groups excluding carboxylic acids is 1. The molecular weight excluding hydrogens is 182 g/mol. The van der Waals surface area contributed by atoms with E-state index in [0.717, 1.165) is 6.26 Å². The zero-order valence-electron chi connectivity index (χ0n) is 6.27. The van der Waals surface area contributed by atoms with Crippen molar-refractivity contribution in [3.8, 4) is 0 Å². The predicted molar refractivity (Wildman–Crippen MR) is 40.3 cm³/mol. The van der Waals surface area contributed by atoms with Crippen LogP contribution in [-0.2, 0) is 9.84 Å². The van der Waals surface area contributed by atoms with Gasteiger partial charge < -0.3 is 10.2 Å². The number of primary amides is 1. The number of sulfone groups is 1. The van der Waals surface area contributed by atoms with Gasteiger partial charge in [0.2, 0.25) is 14.9 Å². The lowest BCUT2D eigenvalue weighted by Crippen LogP contribution is -2.09. The molecule has 0 aromatic carbocycles. The molecule has 12 heavy (non-hydrogen) atoms. The highest BCUT2D eigenvalue weighted by Gasteiger charge is 2.14. The quantitative estimate of drug-likeness (QED) is 0.696. The van der Waals surface area contributed by atoms with Crippen molar-refractivity contribution in [2.45, 2.75) is 5.09 Å². The van der Waals surface area contributed by atoms with Crippen molar-refractivity contribution in [2.24, 2.45) is 5.73 Å². The number of hydrogen-bond acceptors (Lipinski definition) is 4. The van der Waals surface area contributed by atoms with Crippen molar-refractivity contribution in [3.63, 3.8) is 0 Å². The molecule has 6 heteroatoms. The zero-order chi connectivity index (χ0) is 9.35. The molecule has 0 radical (unpaired) electrons. The summed E-state index contributed by atoms with van der Waals surface area (Å²) < 4.78 is 26.3. The van der Waals surface area contributed by atoms with Crippen molar-refractivity contribution >= 4 is 15.7 Å². The molecule has 0 saturated heterocycles. The van der Waals surface area contributed by atoms with Crippen LogP contribution in [0, 0.1) is 0 Å². The van der Waals surface area contributed by atoms with E-state index in [1.807, 2.05) is 0 Å². The molecular formula is C6H7NO4S. The summed E-state index contributed by atoms with van der Waals surface area (Å²) in [6, 6.07) is 2.41. The average molecular weight is 189 g/mol. The Bertz CT molecular complexity index is 403. The Kier molecular flexibility index (Phi) is 1.93. The van der Waals surface area contributed by atoms with Crippen LogP contribution in [0.4, 0.5) is 0 Å². The summed E-state index contributed by atoms with van der Waals surface area (Å²) >= 11 is 0. The first-order chi connectivity index (χ1) is 5.41. The van der Waals surface area contributed by atoms with Crippen LogP contribution in [0.15, 0.2) is 21.6 Å². The maximum absolute atomic E-state index is 10.8. The molecule has 2 N–H and O–H groups in total. The summed E-state index contributed by atoms with van der Waals surface area (Å²) in [4.78, 5) is 10.5. The van der Waals surface area contributed by atoms with E-state index in [2.05, 4.69) is 4.42 Å². The highest BCUT2D eigenvalue weighted by Crippen LogP contribution is 2.12. The molecule has 0 atom stereocenters. The van der Waals surface area contributed by atoms with E-state index in [-0.39, 0.29) is 10.9 Å². The highest BCUT2D eigenvalue weighted by atomic mass is 32.2. The predicted octanol–water partition coefficient (Wildman–Crippen LogP) is -0.218. The monoisotopic (exact) mass is 189 g/mol. The van der Waals surface area contributed by atoms with E-state index in [4.69, 9.17) is 5.73 Å². The fourth-order valence-corrected chi connectivity index (χ4v) is 1.21. The molecule has 0 aliphatic rings. The molecule has 1 heterocycles. The summed E-state index contributed by atoms with van der Waals surface area (Å²) in [5.41, 5.74) is 4.84. The standard InChI is InChI=1S/C6H7NO4S/c1-12(9,10)5-3-2-4(11-5)6(7)8/h2-3H,1H3,(H2,7,8). The van der Waals surface area contributed by atoms with E-state index >= 15 is 0 Å². The number of furan rings is 1. The smallest absolute Gasteiger partial charge is 0.284 e. The fourth-order valence-electron chi connectivity index (χ4n) is 0.652. The van der Waals surface area contributed by atoms with Crippen LogP contribution < -0.4 is 5.73 Å². The lowest BCUT2D eigenvalue weighted by atomic mass is 10.4. The minimum absolute atomic E-state index is 0.157. The highest BCUT2D eigenvalue weighted by molar-refractivity contribution is 7.90. The van der Waals surface area contributed by atoms with Crippen LogP contribution in [0.25, 0.3) is 0 Å². The summed E-state index contributed by atoms with van der Waals surface area (Å²) in [7, 11) is -3.39. The third-order valence-corrected chi connectivity index (χ3v) is 2.14. The number of hydrogen-bond donors (Lipinski definition) is 1. The lowest BCUT2D eigenvalue weighted by Gasteiger charge is -1.89. The second-order valence-electron chi connectivity index (χ2n) is 2.26. The van der Waals surface area contributed by atoms with Crippen LogP contribution in [0.2, 0.25) is 0 Å². The summed E-state index contributed by atoms with van der Waals surface area (Å²) in [5.74, 6) is -0.944. The second kappa shape index (κ2) is 2.63. The summed E-state index contributed by atoms with van der Waals surface area (Å²) in [6.45, 7) is 0. The third kappa shape index (κ3) is 1.65. The van der Waals surface area contributed by atoms with Crippen molar-refractivity contribution in [1.82, 2.24) is 0 Å². The van der Waals surface area contributed by atoms with Crippen LogP contribution in [0.3, 0.4) is 0 Å². The van der Waals surface area contributed by atoms with Crippen molar-refractivity contribution in [1.29, 1.82) is 0 Å². The Hall–Kier alpha value is -1.30. The van der Waals surface area contributed by atoms with Gasteiger partial charge in [-0.25, -0.2) is 8.42 Å². The molecule has 1 aromatic rings. The molecule has 0 spiro atoms. The largest absolute Gasteiger partial charge is 0.440 e. The van der Waals surface area contributed by atoms with Crippen molar-refractivity contribution < 1.29 is 17.6 Å². The van der Waals surface area contributed by atoms with Crippen LogP contribution in [0.5, 0.6) is 0 Å². The van der Waals surface area contributed by atoms with E-state index in [0.29, 0.717) is 0 Å². The first-order valence-corrected chi connectivity index (χ1v) is 4.90. The topological polar surface area (TPSA) is 90.4 Å². The first-order valence-electron chi connectivity index (χ1n) is 3.01. The normalized spacial score (nSPS) is 11.4. The number of amides is 1. The second-order valence-corrected chi connectivity index (χ2v) is 4.20. The number of nitrogens with two attached hydrogens (primary N) is 1. The number of carbonyl (C=O) groups is 1. The Morgan fingerprint density at radius 1 is 1.50 bits per heavy atom. The minimum Gasteiger partial charge on any atom is -0.440 e. The Balaban J connectivity index is 3.17. The maximum atomic E-state index is 10.8. The van der Waals surface area contributed by atoms with Gasteiger partial charge in [0.15, 0.2) is 5.76 Å². The molecule has 1 aromatic heterocycles. The molecule has 0 saturated carbocycles. The molecule has 66 valence electrons. The zero-order valence-corrected chi connectivity index (χ0v) is 7.09. The van der Waals surface area contributed by atoms with Gasteiger partial charge in [-0.1, -0.05) is 0 Å². The van der Waals surface area contributed by atoms with Crippen LogP contribution in [-0.4, -0.2) is 20.6 Å². The van der Waals surface area contributed by atoms with Crippen molar-refractivity contribution in [2.75, 3.05) is 6.26 Å². The van der Waals surface area contributed by atoms with E-state index < -0.39 is 15.7 Å². The molecule has 5 nitrogen and oxygen atoms in total. The van der Waals surface area contributed by atoms with Crippen LogP contribution in [0.1, 0.15) is 10.6 Å². The third-order valence-electron chi connectivity index (χ3n) is 1.19. The molecule has 0 fully saturated rings.